The van der Waals surface area contributed by atoms with Gasteiger partial charge < -0.3 is 5.73 Å². The van der Waals surface area contributed by atoms with E-state index in [1.165, 1.54) is 0 Å². The van der Waals surface area contributed by atoms with Crippen molar-refractivity contribution in [2.45, 2.75) is 6.04 Å². The first-order chi connectivity index (χ1) is 9.66. The minimum Gasteiger partial charge on any atom is -0.318 e. The predicted molar refractivity (Wildman–Crippen MR) is 78.3 cm³/mol. The van der Waals surface area contributed by atoms with E-state index < -0.39 is 0 Å². The van der Waals surface area contributed by atoms with Gasteiger partial charge in [0.25, 0.3) is 0 Å². The molecular weight excluding hydrogens is 320 g/mol. The number of aromatic nitrogens is 5. The molecule has 2 heterocycles. The van der Waals surface area contributed by atoms with E-state index in [0.29, 0.717) is 5.69 Å². The third kappa shape index (κ3) is 2.25. The molecular formula is C13H13BrN6. The normalized spacial score (nSPS) is 12.6. The molecule has 20 heavy (non-hydrogen) atoms. The second-order valence-electron chi connectivity index (χ2n) is 4.37. The molecule has 0 saturated heterocycles. The summed E-state index contributed by atoms with van der Waals surface area (Å²) in [6, 6.07) is 9.33. The van der Waals surface area contributed by atoms with E-state index in [9.17, 15) is 0 Å². The first kappa shape index (κ1) is 13.0. The number of aryl methyl sites for hydroxylation is 1. The monoisotopic (exact) mass is 332 g/mol. The number of para-hydroxylation sites is 1. The maximum atomic E-state index is 6.25. The molecule has 2 N–H and O–H groups in total. The third-order valence-corrected chi connectivity index (χ3v) is 3.66. The minimum atomic E-state index is -0.380. The van der Waals surface area contributed by atoms with Gasteiger partial charge in [0, 0.05) is 7.05 Å². The highest BCUT2D eigenvalue weighted by atomic mass is 79.9. The van der Waals surface area contributed by atoms with Gasteiger partial charge in [0.15, 0.2) is 0 Å². The average Bonchev–Trinajstić information content (AvgIpc) is 3.07. The Morgan fingerprint density at radius 2 is 1.90 bits per heavy atom. The third-order valence-electron chi connectivity index (χ3n) is 3.05. The number of hydrogen-bond acceptors (Lipinski definition) is 4. The summed E-state index contributed by atoms with van der Waals surface area (Å²) >= 11 is 3.45. The fourth-order valence-electron chi connectivity index (χ4n) is 2.01. The van der Waals surface area contributed by atoms with Crippen LogP contribution in [0.25, 0.3) is 5.69 Å². The molecule has 3 aromatic rings. The number of hydrogen-bond donors (Lipinski definition) is 1. The Kier molecular flexibility index (Phi) is 3.37. The van der Waals surface area contributed by atoms with Crippen LogP contribution in [0.15, 0.2) is 47.2 Å². The first-order valence-electron chi connectivity index (χ1n) is 6.07. The zero-order valence-electron chi connectivity index (χ0n) is 10.8. The topological polar surface area (TPSA) is 74.6 Å². The lowest BCUT2D eigenvalue weighted by Gasteiger charge is -2.09. The molecule has 1 aromatic carbocycles. The number of nitrogens with two attached hydrogens (primary N) is 1. The van der Waals surface area contributed by atoms with Gasteiger partial charge in [-0.05, 0) is 28.1 Å². The lowest BCUT2D eigenvalue weighted by atomic mass is 10.2. The Hall–Kier alpha value is -1.99. The molecule has 1 atom stereocenters. The van der Waals surface area contributed by atoms with Crippen LogP contribution in [0.1, 0.15) is 17.4 Å². The number of nitrogens with zero attached hydrogens (tertiary/aromatic N) is 5. The Labute approximate surface area is 124 Å². The van der Waals surface area contributed by atoms with Crippen LogP contribution in [0.5, 0.6) is 0 Å². The molecule has 3 rings (SSSR count). The Morgan fingerprint density at radius 3 is 2.55 bits per heavy atom. The molecule has 102 valence electrons. The Balaban J connectivity index is 1.95. The molecule has 7 heteroatoms. The second-order valence-corrected chi connectivity index (χ2v) is 5.23. The van der Waals surface area contributed by atoms with Gasteiger partial charge in [-0.1, -0.05) is 18.2 Å². The van der Waals surface area contributed by atoms with Crippen molar-refractivity contribution in [1.29, 1.82) is 0 Å². The maximum Gasteiger partial charge on any atom is 0.106 e. The van der Waals surface area contributed by atoms with Crippen LogP contribution in [0.2, 0.25) is 0 Å². The van der Waals surface area contributed by atoms with Gasteiger partial charge in [0.1, 0.15) is 5.69 Å². The fraction of sp³-hybridized carbons (Fsp3) is 0.154. The van der Waals surface area contributed by atoms with Gasteiger partial charge in [-0.25, -0.2) is 0 Å². The highest BCUT2D eigenvalue weighted by Crippen LogP contribution is 2.24. The van der Waals surface area contributed by atoms with Crippen molar-refractivity contribution in [3.05, 3.63) is 58.6 Å². The van der Waals surface area contributed by atoms with Crippen molar-refractivity contribution in [2.75, 3.05) is 0 Å². The molecule has 0 aliphatic rings. The number of halogens is 1. The highest BCUT2D eigenvalue weighted by Gasteiger charge is 2.19. The second kappa shape index (κ2) is 5.18. The van der Waals surface area contributed by atoms with E-state index in [2.05, 4.69) is 31.2 Å². The zero-order chi connectivity index (χ0) is 14.1. The van der Waals surface area contributed by atoms with Crippen molar-refractivity contribution in [2.24, 2.45) is 12.8 Å². The van der Waals surface area contributed by atoms with Crippen molar-refractivity contribution in [3.63, 3.8) is 0 Å². The van der Waals surface area contributed by atoms with E-state index in [0.717, 1.165) is 15.9 Å². The minimum absolute atomic E-state index is 0.380. The summed E-state index contributed by atoms with van der Waals surface area (Å²) in [6.45, 7) is 0. The van der Waals surface area contributed by atoms with E-state index in [1.807, 2.05) is 37.4 Å². The number of benzene rings is 1. The summed E-state index contributed by atoms with van der Waals surface area (Å²) in [6.07, 6.45) is 3.40. The van der Waals surface area contributed by atoms with Crippen molar-refractivity contribution in [1.82, 2.24) is 24.8 Å². The Bertz CT molecular complexity index is 698. The molecule has 0 amide bonds. The van der Waals surface area contributed by atoms with E-state index in [4.69, 9.17) is 5.73 Å². The highest BCUT2D eigenvalue weighted by molar-refractivity contribution is 9.10. The molecule has 0 saturated carbocycles. The molecule has 1 unspecified atom stereocenters. The summed E-state index contributed by atoms with van der Waals surface area (Å²) in [4.78, 5) is 1.57. The smallest absolute Gasteiger partial charge is 0.106 e. The zero-order valence-corrected chi connectivity index (χ0v) is 12.4. The number of rotatable bonds is 3. The van der Waals surface area contributed by atoms with Crippen molar-refractivity contribution < 1.29 is 0 Å². The first-order valence-corrected chi connectivity index (χ1v) is 6.87. The largest absolute Gasteiger partial charge is 0.318 e. The lowest BCUT2D eigenvalue weighted by Crippen LogP contribution is -2.17. The SMILES string of the molecule is Cn1ncc(Br)c1C(N)c1cnn(-c2ccccc2)n1. The van der Waals surface area contributed by atoms with E-state index in [-0.39, 0.29) is 6.04 Å². The summed E-state index contributed by atoms with van der Waals surface area (Å²) in [5.41, 5.74) is 8.70. The molecule has 0 fully saturated rings. The summed E-state index contributed by atoms with van der Waals surface area (Å²) in [5, 5.41) is 12.9. The van der Waals surface area contributed by atoms with Crippen LogP contribution in [-0.2, 0) is 7.05 Å². The van der Waals surface area contributed by atoms with Gasteiger partial charge in [0.2, 0.25) is 0 Å². The molecule has 0 aliphatic carbocycles. The summed E-state index contributed by atoms with van der Waals surface area (Å²) in [5.74, 6) is 0. The molecule has 6 nitrogen and oxygen atoms in total. The standard InChI is InChI=1S/C13H13BrN6/c1-19-13(10(14)7-16-19)12(15)11-8-17-20(18-11)9-5-3-2-4-6-9/h2-8,12H,15H2,1H3. The van der Waals surface area contributed by atoms with Crippen LogP contribution in [0.4, 0.5) is 0 Å². The van der Waals surface area contributed by atoms with Crippen molar-refractivity contribution >= 4 is 15.9 Å². The van der Waals surface area contributed by atoms with E-state index in [1.54, 1.807) is 21.9 Å². The lowest BCUT2D eigenvalue weighted by molar-refractivity contribution is 0.650. The summed E-state index contributed by atoms with van der Waals surface area (Å²) < 4.78 is 2.60. The van der Waals surface area contributed by atoms with Gasteiger partial charge in [-0.3, -0.25) is 4.68 Å². The Morgan fingerprint density at radius 1 is 1.15 bits per heavy atom. The van der Waals surface area contributed by atoms with Gasteiger partial charge in [-0.15, -0.1) is 0 Å². The molecule has 0 aliphatic heterocycles. The van der Waals surface area contributed by atoms with Crippen LogP contribution in [0.3, 0.4) is 0 Å². The molecule has 0 spiro atoms. The predicted octanol–water partition coefficient (Wildman–Crippen LogP) is 1.81. The fourth-order valence-corrected chi connectivity index (χ4v) is 2.61. The van der Waals surface area contributed by atoms with Crippen LogP contribution in [-0.4, -0.2) is 24.8 Å². The van der Waals surface area contributed by atoms with Crippen LogP contribution >= 0.6 is 15.9 Å². The average molecular weight is 333 g/mol. The van der Waals surface area contributed by atoms with Gasteiger partial charge in [0.05, 0.1) is 34.3 Å². The van der Waals surface area contributed by atoms with Gasteiger partial charge >= 0.3 is 0 Å². The molecule has 0 radical (unpaired) electrons. The van der Waals surface area contributed by atoms with Crippen molar-refractivity contribution in [3.8, 4) is 5.69 Å². The van der Waals surface area contributed by atoms with Gasteiger partial charge in [-0.2, -0.15) is 20.1 Å². The van der Waals surface area contributed by atoms with E-state index >= 15 is 0 Å². The van der Waals surface area contributed by atoms with Crippen LogP contribution in [0, 0.1) is 0 Å². The quantitative estimate of drug-likeness (QED) is 0.793. The summed E-state index contributed by atoms with van der Waals surface area (Å²) in [7, 11) is 1.85. The molecule has 0 bridgehead atoms. The molecule has 2 aromatic heterocycles. The van der Waals surface area contributed by atoms with Crippen LogP contribution < -0.4 is 5.73 Å². The maximum absolute atomic E-state index is 6.25.